The summed E-state index contributed by atoms with van der Waals surface area (Å²) < 4.78 is 4.85. The zero-order chi connectivity index (χ0) is 14.8. The number of hydrogen-bond acceptors (Lipinski definition) is 5. The quantitative estimate of drug-likeness (QED) is 0.429. The van der Waals surface area contributed by atoms with Gasteiger partial charge in [0.25, 0.3) is 0 Å². The molecule has 0 radical (unpaired) electrons. The molecule has 5 nitrogen and oxygen atoms in total. The molecule has 1 N–H and O–H groups in total. The number of hydrogen-bond donors (Lipinski definition) is 1. The lowest BCUT2D eigenvalue weighted by Crippen LogP contribution is -2.03. The van der Waals surface area contributed by atoms with Gasteiger partial charge in [-0.05, 0) is 37.7 Å². The zero-order valence-electron chi connectivity index (χ0n) is 11.5. The van der Waals surface area contributed by atoms with E-state index >= 15 is 0 Å². The second-order valence-corrected chi connectivity index (χ2v) is 5.31. The first-order valence-electron chi connectivity index (χ1n) is 6.61. The smallest absolute Gasteiger partial charge is 0.354 e. The standard InChI is InChI=1S/C14H19NO4S/c1-2-19-13(16)6-4-3-5-9-20-11-7-8-15-12(10-11)14(17)18/h7-8,10H,2-6,9H2,1H3,(H,17,18). The Labute approximate surface area is 122 Å². The van der Waals surface area contributed by atoms with Gasteiger partial charge in [0, 0.05) is 17.5 Å². The van der Waals surface area contributed by atoms with Gasteiger partial charge in [-0.3, -0.25) is 4.79 Å². The van der Waals surface area contributed by atoms with Crippen LogP contribution < -0.4 is 0 Å². The summed E-state index contributed by atoms with van der Waals surface area (Å²) in [5, 5.41) is 8.83. The second kappa shape index (κ2) is 9.36. The van der Waals surface area contributed by atoms with Crippen molar-refractivity contribution in [2.24, 2.45) is 0 Å². The van der Waals surface area contributed by atoms with Gasteiger partial charge in [0.2, 0.25) is 0 Å². The lowest BCUT2D eigenvalue weighted by molar-refractivity contribution is -0.143. The number of esters is 1. The third kappa shape index (κ3) is 6.56. The molecule has 20 heavy (non-hydrogen) atoms. The van der Waals surface area contributed by atoms with Crippen LogP contribution in [0.15, 0.2) is 23.2 Å². The average molecular weight is 297 g/mol. The van der Waals surface area contributed by atoms with Crippen molar-refractivity contribution in [3.8, 4) is 0 Å². The van der Waals surface area contributed by atoms with Crippen LogP contribution in [0.2, 0.25) is 0 Å². The van der Waals surface area contributed by atoms with Crippen LogP contribution in [0.3, 0.4) is 0 Å². The Bertz CT molecular complexity index is 451. The zero-order valence-corrected chi connectivity index (χ0v) is 12.3. The highest BCUT2D eigenvalue weighted by molar-refractivity contribution is 7.99. The largest absolute Gasteiger partial charge is 0.477 e. The van der Waals surface area contributed by atoms with E-state index in [-0.39, 0.29) is 11.7 Å². The summed E-state index contributed by atoms with van der Waals surface area (Å²) >= 11 is 1.60. The maximum atomic E-state index is 11.1. The first-order valence-corrected chi connectivity index (χ1v) is 7.59. The van der Waals surface area contributed by atoms with Crippen molar-refractivity contribution in [1.82, 2.24) is 4.98 Å². The van der Waals surface area contributed by atoms with Gasteiger partial charge in [-0.15, -0.1) is 11.8 Å². The molecule has 1 aromatic rings. The van der Waals surface area contributed by atoms with Crippen molar-refractivity contribution in [1.29, 1.82) is 0 Å². The Kier molecular flexibility index (Phi) is 7.72. The van der Waals surface area contributed by atoms with Crippen molar-refractivity contribution in [3.05, 3.63) is 24.0 Å². The number of carboxylic acid groups (broad SMARTS) is 1. The maximum Gasteiger partial charge on any atom is 0.354 e. The normalized spacial score (nSPS) is 10.2. The topological polar surface area (TPSA) is 76.5 Å². The highest BCUT2D eigenvalue weighted by atomic mass is 32.2. The lowest BCUT2D eigenvalue weighted by atomic mass is 10.2. The number of pyridine rings is 1. The van der Waals surface area contributed by atoms with Crippen LogP contribution >= 0.6 is 11.8 Å². The molecule has 0 aromatic carbocycles. The summed E-state index contributed by atoms with van der Waals surface area (Å²) in [6.45, 7) is 2.23. The molecule has 0 fully saturated rings. The number of ether oxygens (including phenoxy) is 1. The van der Waals surface area contributed by atoms with Crippen molar-refractivity contribution in [2.45, 2.75) is 37.5 Å². The van der Waals surface area contributed by atoms with Gasteiger partial charge in [0.1, 0.15) is 5.69 Å². The minimum absolute atomic E-state index is 0.0670. The number of carboxylic acids is 1. The number of carbonyl (C=O) groups excluding carboxylic acids is 1. The molecule has 1 rings (SSSR count). The van der Waals surface area contributed by atoms with Crippen molar-refractivity contribution >= 4 is 23.7 Å². The minimum atomic E-state index is -1.01. The van der Waals surface area contributed by atoms with Gasteiger partial charge in [-0.1, -0.05) is 6.42 Å². The Hall–Kier alpha value is -1.56. The molecule has 0 saturated heterocycles. The number of thioether (sulfide) groups is 1. The van der Waals surface area contributed by atoms with Crippen molar-refractivity contribution in [3.63, 3.8) is 0 Å². The molecular formula is C14H19NO4S. The van der Waals surface area contributed by atoms with Gasteiger partial charge in [0.05, 0.1) is 6.61 Å². The monoisotopic (exact) mass is 297 g/mol. The fourth-order valence-electron chi connectivity index (χ4n) is 1.59. The number of aromatic carboxylic acids is 1. The van der Waals surface area contributed by atoms with Crippen LogP contribution in [0, 0.1) is 0 Å². The molecule has 0 aliphatic carbocycles. The Morgan fingerprint density at radius 2 is 2.15 bits per heavy atom. The first kappa shape index (κ1) is 16.5. The van der Waals surface area contributed by atoms with Gasteiger partial charge in [-0.25, -0.2) is 9.78 Å². The molecule has 0 aliphatic rings. The summed E-state index contributed by atoms with van der Waals surface area (Å²) in [5.41, 5.74) is 0.0670. The molecule has 0 unspecified atom stereocenters. The molecule has 0 aliphatic heterocycles. The van der Waals surface area contributed by atoms with E-state index in [1.807, 2.05) is 0 Å². The summed E-state index contributed by atoms with van der Waals surface area (Å²) in [5.74, 6) is -0.256. The summed E-state index contributed by atoms with van der Waals surface area (Å²) in [4.78, 5) is 26.6. The summed E-state index contributed by atoms with van der Waals surface area (Å²) in [6.07, 6.45) is 4.75. The molecule has 0 spiro atoms. The van der Waals surface area contributed by atoms with Crippen LogP contribution in [0.5, 0.6) is 0 Å². The molecule has 0 saturated carbocycles. The fraction of sp³-hybridized carbons (Fsp3) is 0.500. The molecule has 6 heteroatoms. The van der Waals surface area contributed by atoms with E-state index in [1.54, 1.807) is 30.8 Å². The first-order chi connectivity index (χ1) is 9.63. The van der Waals surface area contributed by atoms with E-state index in [0.29, 0.717) is 13.0 Å². The highest BCUT2D eigenvalue weighted by Gasteiger charge is 2.05. The van der Waals surface area contributed by atoms with E-state index in [4.69, 9.17) is 9.84 Å². The van der Waals surface area contributed by atoms with Crippen molar-refractivity contribution in [2.75, 3.05) is 12.4 Å². The second-order valence-electron chi connectivity index (χ2n) is 4.15. The Morgan fingerprint density at radius 1 is 1.35 bits per heavy atom. The van der Waals surface area contributed by atoms with E-state index in [9.17, 15) is 9.59 Å². The predicted octanol–water partition coefficient (Wildman–Crippen LogP) is 3.00. The van der Waals surface area contributed by atoms with Crippen molar-refractivity contribution < 1.29 is 19.4 Å². The van der Waals surface area contributed by atoms with Crippen LogP contribution in [0.4, 0.5) is 0 Å². The molecular weight excluding hydrogens is 278 g/mol. The molecule has 0 atom stereocenters. The van der Waals surface area contributed by atoms with Crippen LogP contribution in [-0.2, 0) is 9.53 Å². The third-order valence-electron chi connectivity index (χ3n) is 2.55. The van der Waals surface area contributed by atoms with Crippen LogP contribution in [0.1, 0.15) is 43.1 Å². The van der Waals surface area contributed by atoms with Crippen LogP contribution in [0.25, 0.3) is 0 Å². The summed E-state index contributed by atoms with van der Waals surface area (Å²) in [7, 11) is 0. The lowest BCUT2D eigenvalue weighted by Gasteiger charge is -2.03. The maximum absolute atomic E-state index is 11.1. The Morgan fingerprint density at radius 3 is 2.85 bits per heavy atom. The summed E-state index contributed by atoms with van der Waals surface area (Å²) in [6, 6.07) is 3.38. The van der Waals surface area contributed by atoms with E-state index in [1.165, 1.54) is 6.20 Å². The predicted molar refractivity (Wildman–Crippen MR) is 77.0 cm³/mol. The number of nitrogens with zero attached hydrogens (tertiary/aromatic N) is 1. The number of rotatable bonds is 9. The Balaban J connectivity index is 2.17. The van der Waals surface area contributed by atoms with Gasteiger partial charge in [0.15, 0.2) is 0 Å². The van der Waals surface area contributed by atoms with Gasteiger partial charge in [-0.2, -0.15) is 0 Å². The molecule has 110 valence electrons. The minimum Gasteiger partial charge on any atom is -0.477 e. The molecule has 0 amide bonds. The van der Waals surface area contributed by atoms with E-state index in [2.05, 4.69) is 4.98 Å². The molecule has 0 bridgehead atoms. The number of carbonyl (C=O) groups is 2. The average Bonchev–Trinajstić information content (AvgIpc) is 2.43. The van der Waals surface area contributed by atoms with Crippen LogP contribution in [-0.4, -0.2) is 34.4 Å². The number of unbranched alkanes of at least 4 members (excludes halogenated alkanes) is 2. The highest BCUT2D eigenvalue weighted by Crippen LogP contribution is 2.20. The molecule has 1 aromatic heterocycles. The SMILES string of the molecule is CCOC(=O)CCCCCSc1ccnc(C(=O)O)c1. The van der Waals surface area contributed by atoms with E-state index in [0.717, 1.165) is 29.9 Å². The number of aromatic nitrogens is 1. The van der Waals surface area contributed by atoms with Gasteiger partial charge < -0.3 is 9.84 Å². The fourth-order valence-corrected chi connectivity index (χ4v) is 2.53. The molecule has 1 heterocycles. The van der Waals surface area contributed by atoms with E-state index < -0.39 is 5.97 Å². The van der Waals surface area contributed by atoms with Gasteiger partial charge >= 0.3 is 11.9 Å². The third-order valence-corrected chi connectivity index (χ3v) is 3.63.